The van der Waals surface area contributed by atoms with Crippen LogP contribution >= 0.6 is 0 Å². The number of hydrogen-bond donors (Lipinski definition) is 2. The fourth-order valence-corrected chi connectivity index (χ4v) is 4.11. The molecule has 0 radical (unpaired) electrons. The molecule has 0 spiro atoms. The average Bonchev–Trinajstić information content (AvgIpc) is 3.03. The first-order chi connectivity index (χ1) is 12.8. The molecule has 0 amide bonds. The average molecular weight is 385 g/mol. The summed E-state index contributed by atoms with van der Waals surface area (Å²) in [7, 11) is -3.54. The highest BCUT2D eigenvalue weighted by Crippen LogP contribution is 2.14. The minimum Gasteiger partial charge on any atom is -0.263 e. The standard InChI is InChI=1S/C20H24N4O2S/c1-14-4-6-17(7-5-14)13-20-22-19(23-24-20)8-9-21-27(25,26)18-11-15(2)10-16(3)12-18/h4-7,10-12,21H,8-9,13H2,1-3H3,(H,22,23,24). The van der Waals surface area contributed by atoms with Crippen molar-refractivity contribution in [2.24, 2.45) is 0 Å². The summed E-state index contributed by atoms with van der Waals surface area (Å²) in [5.74, 6) is 1.37. The SMILES string of the molecule is Cc1ccc(Cc2nc(CCNS(=O)(=O)c3cc(C)cc(C)c3)n[nH]2)cc1. The zero-order valence-electron chi connectivity index (χ0n) is 15.8. The largest absolute Gasteiger partial charge is 0.263 e. The Morgan fingerprint density at radius 2 is 1.63 bits per heavy atom. The summed E-state index contributed by atoms with van der Waals surface area (Å²) in [5.41, 5.74) is 4.21. The van der Waals surface area contributed by atoms with Gasteiger partial charge in [-0.15, -0.1) is 0 Å². The van der Waals surface area contributed by atoms with Crippen LogP contribution in [0.5, 0.6) is 0 Å². The highest BCUT2D eigenvalue weighted by atomic mass is 32.2. The third-order valence-electron chi connectivity index (χ3n) is 4.22. The van der Waals surface area contributed by atoms with Gasteiger partial charge in [0.25, 0.3) is 0 Å². The highest BCUT2D eigenvalue weighted by molar-refractivity contribution is 7.89. The number of benzene rings is 2. The van der Waals surface area contributed by atoms with Crippen LogP contribution in [0.2, 0.25) is 0 Å². The monoisotopic (exact) mass is 384 g/mol. The molecular formula is C20H24N4O2S. The molecule has 7 heteroatoms. The molecule has 0 bridgehead atoms. The predicted octanol–water partition coefficient (Wildman–Crippen LogP) is 2.84. The molecule has 1 heterocycles. The van der Waals surface area contributed by atoms with Gasteiger partial charge in [0, 0.05) is 19.4 Å². The smallest absolute Gasteiger partial charge is 0.240 e. The molecule has 0 saturated heterocycles. The summed E-state index contributed by atoms with van der Waals surface area (Å²) in [6.45, 7) is 6.07. The Kier molecular flexibility index (Phi) is 5.72. The van der Waals surface area contributed by atoms with Crippen LogP contribution < -0.4 is 4.72 Å². The first-order valence-corrected chi connectivity index (χ1v) is 10.3. The summed E-state index contributed by atoms with van der Waals surface area (Å²) in [4.78, 5) is 4.73. The number of sulfonamides is 1. The van der Waals surface area contributed by atoms with Crippen LogP contribution in [0.1, 0.15) is 33.9 Å². The van der Waals surface area contributed by atoms with Crippen LogP contribution in [0.4, 0.5) is 0 Å². The third kappa shape index (κ3) is 5.24. The Morgan fingerprint density at radius 3 is 2.30 bits per heavy atom. The van der Waals surface area contributed by atoms with Crippen LogP contribution in [-0.4, -0.2) is 30.1 Å². The molecule has 0 aliphatic carbocycles. The topological polar surface area (TPSA) is 87.7 Å². The van der Waals surface area contributed by atoms with Crippen molar-refractivity contribution in [3.8, 4) is 0 Å². The van der Waals surface area contributed by atoms with E-state index in [1.807, 2.05) is 19.9 Å². The van der Waals surface area contributed by atoms with E-state index in [0.717, 1.165) is 22.5 Å². The van der Waals surface area contributed by atoms with E-state index >= 15 is 0 Å². The van der Waals surface area contributed by atoms with Crippen molar-refractivity contribution >= 4 is 10.0 Å². The molecule has 2 N–H and O–H groups in total. The Morgan fingerprint density at radius 1 is 0.963 bits per heavy atom. The van der Waals surface area contributed by atoms with Crippen molar-refractivity contribution in [2.75, 3.05) is 6.54 Å². The first-order valence-electron chi connectivity index (χ1n) is 8.85. The van der Waals surface area contributed by atoms with Gasteiger partial charge in [-0.2, -0.15) is 5.10 Å². The van der Waals surface area contributed by atoms with E-state index < -0.39 is 10.0 Å². The molecule has 6 nitrogen and oxygen atoms in total. The van der Waals surface area contributed by atoms with Gasteiger partial charge in [0.05, 0.1) is 4.90 Å². The molecule has 0 aliphatic heterocycles. The molecule has 3 rings (SSSR count). The van der Waals surface area contributed by atoms with Crippen molar-refractivity contribution in [3.63, 3.8) is 0 Å². The Labute approximate surface area is 160 Å². The number of nitrogens with one attached hydrogen (secondary N) is 2. The zero-order chi connectivity index (χ0) is 19.4. The lowest BCUT2D eigenvalue weighted by Gasteiger charge is -2.07. The highest BCUT2D eigenvalue weighted by Gasteiger charge is 2.15. The molecule has 27 heavy (non-hydrogen) atoms. The van der Waals surface area contributed by atoms with E-state index in [1.54, 1.807) is 12.1 Å². The van der Waals surface area contributed by atoms with Gasteiger partial charge in [-0.1, -0.05) is 35.9 Å². The van der Waals surface area contributed by atoms with Gasteiger partial charge in [0.1, 0.15) is 5.82 Å². The van der Waals surface area contributed by atoms with Gasteiger partial charge in [-0.3, -0.25) is 5.10 Å². The minimum absolute atomic E-state index is 0.247. The summed E-state index contributed by atoms with van der Waals surface area (Å²) >= 11 is 0. The van der Waals surface area contributed by atoms with E-state index in [-0.39, 0.29) is 11.4 Å². The Balaban J connectivity index is 1.57. The third-order valence-corrected chi connectivity index (χ3v) is 5.66. The number of aromatic nitrogens is 3. The fraction of sp³-hybridized carbons (Fsp3) is 0.300. The van der Waals surface area contributed by atoms with Gasteiger partial charge in [-0.05, 0) is 49.6 Å². The lowest BCUT2D eigenvalue weighted by Crippen LogP contribution is -2.26. The van der Waals surface area contributed by atoms with Crippen LogP contribution in [0.25, 0.3) is 0 Å². The molecule has 0 unspecified atom stereocenters. The maximum atomic E-state index is 12.4. The van der Waals surface area contributed by atoms with E-state index in [9.17, 15) is 8.42 Å². The molecule has 0 saturated carbocycles. The van der Waals surface area contributed by atoms with Crippen LogP contribution in [0, 0.1) is 20.8 Å². The molecule has 2 aromatic carbocycles. The number of H-pyrrole nitrogens is 1. The first kappa shape index (κ1) is 19.3. The van der Waals surface area contributed by atoms with Crippen molar-refractivity contribution in [2.45, 2.75) is 38.5 Å². The van der Waals surface area contributed by atoms with Crippen molar-refractivity contribution < 1.29 is 8.42 Å². The second-order valence-corrected chi connectivity index (χ2v) is 8.60. The number of hydrogen-bond acceptors (Lipinski definition) is 4. The normalized spacial score (nSPS) is 11.7. The second-order valence-electron chi connectivity index (χ2n) is 6.83. The van der Waals surface area contributed by atoms with Crippen molar-refractivity contribution in [1.82, 2.24) is 19.9 Å². The van der Waals surface area contributed by atoms with Crippen molar-refractivity contribution in [3.05, 3.63) is 76.4 Å². The Hall–Kier alpha value is -2.51. The van der Waals surface area contributed by atoms with E-state index in [2.05, 4.69) is 51.1 Å². The lowest BCUT2D eigenvalue weighted by molar-refractivity contribution is 0.580. The second kappa shape index (κ2) is 8.02. The minimum atomic E-state index is -3.54. The van der Waals surface area contributed by atoms with Crippen LogP contribution in [0.15, 0.2) is 47.4 Å². The van der Waals surface area contributed by atoms with Gasteiger partial charge in [0.2, 0.25) is 10.0 Å². The molecule has 0 aliphatic rings. The zero-order valence-corrected chi connectivity index (χ0v) is 16.6. The van der Waals surface area contributed by atoms with Gasteiger partial charge < -0.3 is 0 Å². The number of aromatic amines is 1. The van der Waals surface area contributed by atoms with Gasteiger partial charge in [0.15, 0.2) is 5.82 Å². The van der Waals surface area contributed by atoms with Crippen LogP contribution in [-0.2, 0) is 22.9 Å². The van der Waals surface area contributed by atoms with Gasteiger partial charge in [-0.25, -0.2) is 18.1 Å². The van der Waals surface area contributed by atoms with Crippen molar-refractivity contribution in [1.29, 1.82) is 0 Å². The summed E-state index contributed by atoms with van der Waals surface area (Å²) in [5, 5.41) is 7.10. The molecule has 3 aromatic rings. The predicted molar refractivity (Wildman–Crippen MR) is 105 cm³/mol. The Bertz CT molecular complexity index is 1000. The van der Waals surface area contributed by atoms with Crippen LogP contribution in [0.3, 0.4) is 0 Å². The molecule has 142 valence electrons. The number of nitrogens with zero attached hydrogens (tertiary/aromatic N) is 2. The molecule has 1 aromatic heterocycles. The quantitative estimate of drug-likeness (QED) is 0.656. The summed E-state index contributed by atoms with van der Waals surface area (Å²) in [6, 6.07) is 13.5. The number of aryl methyl sites for hydroxylation is 3. The van der Waals surface area contributed by atoms with E-state index in [4.69, 9.17) is 0 Å². The summed E-state index contributed by atoms with van der Waals surface area (Å²) < 4.78 is 27.5. The number of rotatable bonds is 7. The molecular weight excluding hydrogens is 360 g/mol. The lowest BCUT2D eigenvalue weighted by atomic mass is 10.1. The van der Waals surface area contributed by atoms with E-state index in [0.29, 0.717) is 18.7 Å². The van der Waals surface area contributed by atoms with E-state index in [1.165, 1.54) is 5.56 Å². The van der Waals surface area contributed by atoms with Gasteiger partial charge >= 0.3 is 0 Å². The molecule has 0 atom stereocenters. The fourth-order valence-electron chi connectivity index (χ4n) is 2.89. The summed E-state index contributed by atoms with van der Waals surface area (Å²) in [6.07, 6.45) is 1.09. The maximum Gasteiger partial charge on any atom is 0.240 e. The maximum absolute atomic E-state index is 12.4. The molecule has 0 fully saturated rings.